The van der Waals surface area contributed by atoms with E-state index in [1.165, 1.54) is 11.3 Å². The van der Waals surface area contributed by atoms with Crippen molar-refractivity contribution in [3.8, 4) is 0 Å². The van der Waals surface area contributed by atoms with E-state index in [1.54, 1.807) is 0 Å². The minimum absolute atomic E-state index is 0.251. The van der Waals surface area contributed by atoms with Gasteiger partial charge in [-0.05, 0) is 33.6 Å². The molecule has 0 fully saturated rings. The standard InChI is InChI=1S/C14H18N2O3S/c1-7-4-10(11(13(18)19)5-8(7)2)12(17)16-14-15-9(3)6-20-14/h6,10-11H,4-5H2,1-3H3,(H,18,19)(H,15,16,17)/t10-,11+/m0/s1. The molecule has 1 aromatic heterocycles. The van der Waals surface area contributed by atoms with Crippen molar-refractivity contribution in [3.05, 3.63) is 22.2 Å². The molecule has 1 amide bonds. The van der Waals surface area contributed by atoms with Crippen molar-refractivity contribution >= 4 is 28.3 Å². The molecule has 108 valence electrons. The van der Waals surface area contributed by atoms with Crippen molar-refractivity contribution in [3.63, 3.8) is 0 Å². The molecule has 0 bridgehead atoms. The van der Waals surface area contributed by atoms with Crippen LogP contribution in [0.2, 0.25) is 0 Å². The predicted octanol–water partition coefficient (Wildman–Crippen LogP) is 2.84. The smallest absolute Gasteiger partial charge is 0.307 e. The number of aromatic nitrogens is 1. The van der Waals surface area contributed by atoms with Gasteiger partial charge in [-0.1, -0.05) is 11.1 Å². The Kier molecular flexibility index (Phi) is 4.23. The number of amides is 1. The number of nitrogens with zero attached hydrogens (tertiary/aromatic N) is 1. The zero-order valence-electron chi connectivity index (χ0n) is 11.8. The molecule has 5 nitrogen and oxygen atoms in total. The minimum Gasteiger partial charge on any atom is -0.481 e. The fourth-order valence-corrected chi connectivity index (χ4v) is 3.13. The van der Waals surface area contributed by atoms with Gasteiger partial charge in [-0.15, -0.1) is 11.3 Å². The van der Waals surface area contributed by atoms with Gasteiger partial charge >= 0.3 is 5.97 Å². The highest BCUT2D eigenvalue weighted by molar-refractivity contribution is 7.13. The molecule has 0 radical (unpaired) electrons. The first-order valence-corrected chi connectivity index (χ1v) is 7.37. The lowest BCUT2D eigenvalue weighted by Crippen LogP contribution is -2.36. The molecule has 1 aromatic rings. The van der Waals surface area contributed by atoms with E-state index >= 15 is 0 Å². The summed E-state index contributed by atoms with van der Waals surface area (Å²) in [7, 11) is 0. The molecule has 20 heavy (non-hydrogen) atoms. The van der Waals surface area contributed by atoms with Crippen molar-refractivity contribution in [1.29, 1.82) is 0 Å². The van der Waals surface area contributed by atoms with Gasteiger partial charge in [0, 0.05) is 5.38 Å². The summed E-state index contributed by atoms with van der Waals surface area (Å²) in [5.74, 6) is -2.34. The molecule has 2 rings (SSSR count). The van der Waals surface area contributed by atoms with Crippen LogP contribution < -0.4 is 5.32 Å². The third-order valence-corrected chi connectivity index (χ3v) is 4.65. The predicted molar refractivity (Wildman–Crippen MR) is 77.7 cm³/mol. The Labute approximate surface area is 121 Å². The number of allylic oxidation sites excluding steroid dienone is 2. The highest BCUT2D eigenvalue weighted by atomic mass is 32.1. The number of carbonyl (C=O) groups excluding carboxylic acids is 1. The molecule has 0 aromatic carbocycles. The number of aryl methyl sites for hydroxylation is 1. The lowest BCUT2D eigenvalue weighted by Gasteiger charge is -2.29. The van der Waals surface area contributed by atoms with Gasteiger partial charge in [-0.2, -0.15) is 0 Å². The number of hydrogen-bond acceptors (Lipinski definition) is 4. The van der Waals surface area contributed by atoms with Crippen LogP contribution in [0.5, 0.6) is 0 Å². The topological polar surface area (TPSA) is 79.3 Å². The molecule has 1 heterocycles. The third-order valence-electron chi connectivity index (χ3n) is 3.77. The van der Waals surface area contributed by atoms with Gasteiger partial charge in [0.05, 0.1) is 17.5 Å². The van der Waals surface area contributed by atoms with E-state index in [1.807, 2.05) is 26.2 Å². The fourth-order valence-electron chi connectivity index (χ4n) is 2.44. The van der Waals surface area contributed by atoms with E-state index in [0.717, 1.165) is 16.8 Å². The van der Waals surface area contributed by atoms with Gasteiger partial charge in [0.2, 0.25) is 5.91 Å². The maximum absolute atomic E-state index is 12.3. The van der Waals surface area contributed by atoms with Crippen LogP contribution in [0.25, 0.3) is 0 Å². The molecule has 2 atom stereocenters. The Morgan fingerprint density at radius 1 is 1.25 bits per heavy atom. The van der Waals surface area contributed by atoms with Crippen molar-refractivity contribution in [2.75, 3.05) is 5.32 Å². The van der Waals surface area contributed by atoms with Crippen LogP contribution in [0, 0.1) is 18.8 Å². The SMILES string of the molecule is CC1=C(C)C[C@@H](C(=O)O)[C@@H](C(=O)Nc2nc(C)cs2)C1. The zero-order chi connectivity index (χ0) is 14.9. The first kappa shape index (κ1) is 14.7. The van der Waals surface area contributed by atoms with E-state index in [-0.39, 0.29) is 5.91 Å². The van der Waals surface area contributed by atoms with Crippen LogP contribution in [0.3, 0.4) is 0 Å². The average molecular weight is 294 g/mol. The van der Waals surface area contributed by atoms with Crippen LogP contribution in [0.4, 0.5) is 5.13 Å². The van der Waals surface area contributed by atoms with Crippen LogP contribution in [-0.2, 0) is 9.59 Å². The Morgan fingerprint density at radius 2 is 1.85 bits per heavy atom. The van der Waals surface area contributed by atoms with Crippen LogP contribution in [0.15, 0.2) is 16.5 Å². The number of carbonyl (C=O) groups is 2. The summed E-state index contributed by atoms with van der Waals surface area (Å²) in [4.78, 5) is 27.9. The van der Waals surface area contributed by atoms with E-state index in [0.29, 0.717) is 18.0 Å². The number of thiazole rings is 1. The van der Waals surface area contributed by atoms with Gasteiger partial charge in [-0.25, -0.2) is 4.98 Å². The summed E-state index contributed by atoms with van der Waals surface area (Å²) in [6, 6.07) is 0. The average Bonchev–Trinajstić information content (AvgIpc) is 2.77. The second kappa shape index (κ2) is 5.75. The van der Waals surface area contributed by atoms with E-state index < -0.39 is 17.8 Å². The minimum atomic E-state index is -0.910. The van der Waals surface area contributed by atoms with Gasteiger partial charge in [0.1, 0.15) is 0 Å². The lowest BCUT2D eigenvalue weighted by atomic mass is 9.76. The Morgan fingerprint density at radius 3 is 2.35 bits per heavy atom. The first-order chi connectivity index (χ1) is 9.38. The number of aliphatic carboxylic acids is 1. The normalized spacial score (nSPS) is 22.8. The summed E-state index contributed by atoms with van der Waals surface area (Å²) >= 11 is 1.35. The van der Waals surface area contributed by atoms with Gasteiger partial charge in [0.25, 0.3) is 0 Å². The second-order valence-corrected chi connectivity index (χ2v) is 6.16. The quantitative estimate of drug-likeness (QED) is 0.840. The fraction of sp³-hybridized carbons (Fsp3) is 0.500. The molecule has 0 aliphatic heterocycles. The first-order valence-electron chi connectivity index (χ1n) is 6.49. The number of hydrogen-bond donors (Lipinski definition) is 2. The van der Waals surface area contributed by atoms with Crippen LogP contribution in [0.1, 0.15) is 32.4 Å². The monoisotopic (exact) mass is 294 g/mol. The molecule has 2 N–H and O–H groups in total. The molecule has 0 saturated heterocycles. The second-order valence-electron chi connectivity index (χ2n) is 5.30. The van der Waals surface area contributed by atoms with E-state index in [9.17, 15) is 14.7 Å². The van der Waals surface area contributed by atoms with Crippen molar-refractivity contribution in [1.82, 2.24) is 4.98 Å². The maximum atomic E-state index is 12.3. The van der Waals surface area contributed by atoms with Crippen LogP contribution >= 0.6 is 11.3 Å². The molecule has 6 heteroatoms. The van der Waals surface area contributed by atoms with Gasteiger partial charge in [-0.3, -0.25) is 9.59 Å². The number of rotatable bonds is 3. The van der Waals surface area contributed by atoms with E-state index in [2.05, 4.69) is 10.3 Å². The Balaban J connectivity index is 2.16. The highest BCUT2D eigenvalue weighted by Gasteiger charge is 2.37. The summed E-state index contributed by atoms with van der Waals surface area (Å²) < 4.78 is 0. The third kappa shape index (κ3) is 3.07. The maximum Gasteiger partial charge on any atom is 0.307 e. The molecule has 0 unspecified atom stereocenters. The largest absolute Gasteiger partial charge is 0.481 e. The number of anilines is 1. The van der Waals surface area contributed by atoms with E-state index in [4.69, 9.17) is 0 Å². The molecular formula is C14H18N2O3S. The van der Waals surface area contributed by atoms with Crippen molar-refractivity contribution in [2.45, 2.75) is 33.6 Å². The highest BCUT2D eigenvalue weighted by Crippen LogP contribution is 2.35. The van der Waals surface area contributed by atoms with Crippen LogP contribution in [-0.4, -0.2) is 22.0 Å². The van der Waals surface area contributed by atoms with Gasteiger partial charge < -0.3 is 10.4 Å². The summed E-state index contributed by atoms with van der Waals surface area (Å²) in [6.07, 6.45) is 0.940. The number of carboxylic acid groups (broad SMARTS) is 1. The number of nitrogens with one attached hydrogen (secondary N) is 1. The Hall–Kier alpha value is -1.69. The van der Waals surface area contributed by atoms with Gasteiger partial charge in [0.15, 0.2) is 5.13 Å². The van der Waals surface area contributed by atoms with Crippen molar-refractivity contribution in [2.24, 2.45) is 11.8 Å². The lowest BCUT2D eigenvalue weighted by molar-refractivity contribution is -0.146. The molecular weight excluding hydrogens is 276 g/mol. The number of carboxylic acids is 1. The zero-order valence-corrected chi connectivity index (χ0v) is 12.6. The Bertz CT molecular complexity index is 577. The summed E-state index contributed by atoms with van der Waals surface area (Å²) in [5, 5.41) is 14.4. The molecule has 0 spiro atoms. The molecule has 0 saturated carbocycles. The van der Waals surface area contributed by atoms with Crippen molar-refractivity contribution < 1.29 is 14.7 Å². The summed E-state index contributed by atoms with van der Waals surface area (Å²) in [5.41, 5.74) is 3.03. The molecule has 1 aliphatic carbocycles. The summed E-state index contributed by atoms with van der Waals surface area (Å²) in [6.45, 7) is 5.74. The molecule has 1 aliphatic rings.